The van der Waals surface area contributed by atoms with E-state index in [-0.39, 0.29) is 12.5 Å². The number of hydrogen-bond acceptors (Lipinski definition) is 3. The second-order valence-electron chi connectivity index (χ2n) is 5.03. The van der Waals surface area contributed by atoms with E-state index in [1.54, 1.807) is 6.20 Å². The van der Waals surface area contributed by atoms with E-state index in [0.29, 0.717) is 11.3 Å². The lowest BCUT2D eigenvalue weighted by atomic mass is 10.1. The predicted octanol–water partition coefficient (Wildman–Crippen LogP) is 3.00. The first-order valence-electron chi connectivity index (χ1n) is 7.19. The Hall–Kier alpha value is -3.21. The molecule has 2 aromatic carbocycles. The van der Waals surface area contributed by atoms with E-state index in [4.69, 9.17) is 0 Å². The molecule has 3 aromatic rings. The number of hydrogen-bond donors (Lipinski definition) is 1. The Morgan fingerprint density at radius 3 is 2.35 bits per heavy atom. The third kappa shape index (κ3) is 3.52. The average Bonchev–Trinajstić information content (AvgIpc) is 2.99. The third-order valence-corrected chi connectivity index (χ3v) is 3.33. The number of nitrogens with zero attached hydrogens (tertiary/aromatic N) is 2. The number of carbonyl (C=O) groups is 2. The van der Waals surface area contributed by atoms with Gasteiger partial charge in [-0.3, -0.25) is 14.3 Å². The van der Waals surface area contributed by atoms with Crippen LogP contribution in [0, 0.1) is 0 Å². The monoisotopic (exact) mass is 305 g/mol. The summed E-state index contributed by atoms with van der Waals surface area (Å²) in [6.45, 7) is 0.0442. The fourth-order valence-electron chi connectivity index (χ4n) is 2.29. The normalized spacial score (nSPS) is 10.3. The Morgan fingerprint density at radius 1 is 1.04 bits per heavy atom. The van der Waals surface area contributed by atoms with Crippen molar-refractivity contribution in [3.8, 4) is 11.3 Å². The minimum absolute atomic E-state index is 0.0442. The highest BCUT2D eigenvalue weighted by atomic mass is 16.2. The van der Waals surface area contributed by atoms with Gasteiger partial charge in [0.1, 0.15) is 12.2 Å². The number of aromatic nitrogens is 2. The van der Waals surface area contributed by atoms with Gasteiger partial charge in [0.05, 0.1) is 5.56 Å². The summed E-state index contributed by atoms with van der Waals surface area (Å²) in [6.07, 6.45) is 2.33. The minimum Gasteiger partial charge on any atom is -0.324 e. The van der Waals surface area contributed by atoms with Gasteiger partial charge in [0.15, 0.2) is 6.29 Å². The van der Waals surface area contributed by atoms with E-state index >= 15 is 0 Å². The summed E-state index contributed by atoms with van der Waals surface area (Å²) in [7, 11) is 0. The van der Waals surface area contributed by atoms with Crippen LogP contribution in [0.15, 0.2) is 66.9 Å². The molecule has 0 bridgehead atoms. The van der Waals surface area contributed by atoms with Crippen molar-refractivity contribution in [3.05, 3.63) is 72.4 Å². The summed E-state index contributed by atoms with van der Waals surface area (Å²) in [6, 6.07) is 18.6. The molecule has 23 heavy (non-hydrogen) atoms. The molecule has 0 aliphatic heterocycles. The lowest BCUT2D eigenvalue weighted by Crippen LogP contribution is -2.19. The number of amides is 1. The molecule has 1 N–H and O–H groups in total. The van der Waals surface area contributed by atoms with Crippen LogP contribution in [-0.2, 0) is 11.3 Å². The lowest BCUT2D eigenvalue weighted by Gasteiger charge is -2.04. The van der Waals surface area contributed by atoms with Gasteiger partial charge in [0, 0.05) is 17.4 Å². The van der Waals surface area contributed by atoms with Crippen LogP contribution in [0.4, 0.5) is 5.69 Å². The topological polar surface area (TPSA) is 64.0 Å². The highest BCUT2D eigenvalue weighted by Gasteiger charge is 2.12. The molecule has 0 saturated heterocycles. The zero-order valence-electron chi connectivity index (χ0n) is 12.3. The van der Waals surface area contributed by atoms with Crippen LogP contribution in [0.5, 0.6) is 0 Å². The molecule has 1 aromatic heterocycles. The van der Waals surface area contributed by atoms with E-state index in [9.17, 15) is 9.59 Å². The van der Waals surface area contributed by atoms with Crippen LogP contribution in [0.1, 0.15) is 10.4 Å². The zero-order chi connectivity index (χ0) is 16.1. The van der Waals surface area contributed by atoms with Gasteiger partial charge >= 0.3 is 0 Å². The summed E-state index contributed by atoms with van der Waals surface area (Å²) >= 11 is 0. The van der Waals surface area contributed by atoms with Crippen molar-refractivity contribution in [2.24, 2.45) is 0 Å². The van der Waals surface area contributed by atoms with Crippen molar-refractivity contribution in [2.45, 2.75) is 6.54 Å². The first-order valence-corrected chi connectivity index (χ1v) is 7.19. The molecule has 1 heterocycles. The maximum Gasteiger partial charge on any atom is 0.246 e. The number of aldehydes is 1. The fraction of sp³-hybridized carbons (Fsp3) is 0.0556. The Balaban J connectivity index is 1.77. The van der Waals surface area contributed by atoms with Crippen LogP contribution in [-0.4, -0.2) is 22.0 Å². The van der Waals surface area contributed by atoms with E-state index in [0.717, 1.165) is 17.5 Å². The molecule has 5 nitrogen and oxygen atoms in total. The Kier molecular flexibility index (Phi) is 4.29. The SMILES string of the molecule is O=Cc1cn(CC(=O)Nc2ccccc2)nc1-c1ccccc1. The van der Waals surface area contributed by atoms with Gasteiger partial charge < -0.3 is 5.32 Å². The molecule has 0 saturated carbocycles. The summed E-state index contributed by atoms with van der Waals surface area (Å²) < 4.78 is 1.48. The van der Waals surface area contributed by atoms with Crippen molar-refractivity contribution in [1.29, 1.82) is 0 Å². The Morgan fingerprint density at radius 2 is 1.70 bits per heavy atom. The van der Waals surface area contributed by atoms with E-state index < -0.39 is 0 Å². The molecule has 0 atom stereocenters. The molecule has 0 aliphatic carbocycles. The molecular weight excluding hydrogens is 290 g/mol. The molecule has 1 amide bonds. The first kappa shape index (κ1) is 14.7. The van der Waals surface area contributed by atoms with Crippen LogP contribution < -0.4 is 5.32 Å². The first-order chi connectivity index (χ1) is 11.3. The van der Waals surface area contributed by atoms with Crippen molar-refractivity contribution >= 4 is 17.9 Å². The average molecular weight is 305 g/mol. The smallest absolute Gasteiger partial charge is 0.246 e. The zero-order valence-corrected chi connectivity index (χ0v) is 12.3. The van der Waals surface area contributed by atoms with Gasteiger partial charge in [0.25, 0.3) is 0 Å². The van der Waals surface area contributed by atoms with Crippen molar-refractivity contribution in [2.75, 3.05) is 5.32 Å². The number of carbonyl (C=O) groups excluding carboxylic acids is 2. The van der Waals surface area contributed by atoms with Gasteiger partial charge in [-0.05, 0) is 12.1 Å². The van der Waals surface area contributed by atoms with Gasteiger partial charge in [-0.2, -0.15) is 5.10 Å². The highest BCUT2D eigenvalue weighted by molar-refractivity contribution is 5.91. The number of para-hydroxylation sites is 1. The van der Waals surface area contributed by atoms with Crippen LogP contribution in [0.25, 0.3) is 11.3 Å². The summed E-state index contributed by atoms with van der Waals surface area (Å²) in [5.41, 5.74) is 2.61. The molecule has 0 spiro atoms. The fourth-order valence-corrected chi connectivity index (χ4v) is 2.29. The van der Waals surface area contributed by atoms with Crippen molar-refractivity contribution in [1.82, 2.24) is 9.78 Å². The number of nitrogens with one attached hydrogen (secondary N) is 1. The van der Waals surface area contributed by atoms with Crippen molar-refractivity contribution in [3.63, 3.8) is 0 Å². The molecule has 3 rings (SSSR count). The standard InChI is InChI=1S/C18H15N3O2/c22-13-15-11-21(20-18(15)14-7-3-1-4-8-14)12-17(23)19-16-9-5-2-6-10-16/h1-11,13H,12H2,(H,19,23). The van der Waals surface area contributed by atoms with E-state index in [1.807, 2.05) is 60.7 Å². The Labute approximate surface area is 133 Å². The molecular formula is C18H15N3O2. The van der Waals surface area contributed by atoms with E-state index in [1.165, 1.54) is 4.68 Å². The summed E-state index contributed by atoms with van der Waals surface area (Å²) in [5.74, 6) is -0.198. The van der Waals surface area contributed by atoms with Gasteiger partial charge in [-0.25, -0.2) is 0 Å². The van der Waals surface area contributed by atoms with Crippen LogP contribution in [0.2, 0.25) is 0 Å². The second kappa shape index (κ2) is 6.70. The van der Waals surface area contributed by atoms with Crippen LogP contribution in [0.3, 0.4) is 0 Å². The van der Waals surface area contributed by atoms with Gasteiger partial charge in [0.2, 0.25) is 5.91 Å². The quantitative estimate of drug-likeness (QED) is 0.737. The number of rotatable bonds is 5. The summed E-state index contributed by atoms with van der Waals surface area (Å²) in [5, 5.41) is 7.15. The second-order valence-corrected chi connectivity index (χ2v) is 5.03. The van der Waals surface area contributed by atoms with E-state index in [2.05, 4.69) is 10.4 Å². The third-order valence-electron chi connectivity index (χ3n) is 3.33. The maximum absolute atomic E-state index is 12.1. The largest absolute Gasteiger partial charge is 0.324 e. The summed E-state index contributed by atoms with van der Waals surface area (Å²) in [4.78, 5) is 23.3. The molecule has 114 valence electrons. The van der Waals surface area contributed by atoms with Gasteiger partial charge in [-0.15, -0.1) is 0 Å². The van der Waals surface area contributed by atoms with Crippen LogP contribution >= 0.6 is 0 Å². The molecule has 5 heteroatoms. The molecule has 0 radical (unpaired) electrons. The number of anilines is 1. The minimum atomic E-state index is -0.198. The molecule has 0 aliphatic rings. The predicted molar refractivity (Wildman–Crippen MR) is 88.1 cm³/mol. The van der Waals surface area contributed by atoms with Gasteiger partial charge in [-0.1, -0.05) is 48.5 Å². The van der Waals surface area contributed by atoms with Crippen molar-refractivity contribution < 1.29 is 9.59 Å². The molecule has 0 unspecified atom stereocenters. The lowest BCUT2D eigenvalue weighted by molar-refractivity contribution is -0.116. The maximum atomic E-state index is 12.1. The Bertz CT molecular complexity index is 811. The highest BCUT2D eigenvalue weighted by Crippen LogP contribution is 2.20. The molecule has 0 fully saturated rings. The number of benzene rings is 2.